The van der Waals surface area contributed by atoms with Crippen LogP contribution < -0.4 is 4.90 Å². The minimum absolute atomic E-state index is 1.10. The van der Waals surface area contributed by atoms with E-state index in [2.05, 4.69) is 229 Å². The molecule has 0 unspecified atom stereocenters. The summed E-state index contributed by atoms with van der Waals surface area (Å²) in [7, 11) is 0. The van der Waals surface area contributed by atoms with Crippen LogP contribution in [-0.2, 0) is 0 Å². The Morgan fingerprint density at radius 1 is 0.245 bits per heavy atom. The van der Waals surface area contributed by atoms with Crippen LogP contribution in [0.15, 0.2) is 224 Å². The van der Waals surface area contributed by atoms with Gasteiger partial charge in [-0.2, -0.15) is 0 Å². The second kappa shape index (κ2) is 14.3. The van der Waals surface area contributed by atoms with Crippen LogP contribution in [0.3, 0.4) is 0 Å². The van der Waals surface area contributed by atoms with Gasteiger partial charge < -0.3 is 4.90 Å². The zero-order valence-electron chi connectivity index (χ0n) is 29.3. The van der Waals surface area contributed by atoms with E-state index in [1.165, 1.54) is 60.8 Å². The lowest BCUT2D eigenvalue weighted by atomic mass is 9.89. The Balaban J connectivity index is 1.20. The number of nitrogens with zero attached hydrogens (tertiary/aromatic N) is 1. The quantitative estimate of drug-likeness (QED) is 0.155. The predicted molar refractivity (Wildman–Crippen MR) is 226 cm³/mol. The molecule has 53 heavy (non-hydrogen) atoms. The van der Waals surface area contributed by atoms with Crippen molar-refractivity contribution in [2.75, 3.05) is 4.90 Å². The van der Waals surface area contributed by atoms with E-state index in [4.69, 9.17) is 0 Å². The monoisotopic (exact) mass is 675 g/mol. The molecule has 0 fully saturated rings. The van der Waals surface area contributed by atoms with Crippen LogP contribution in [0, 0.1) is 0 Å². The van der Waals surface area contributed by atoms with E-state index in [0.29, 0.717) is 0 Å². The third-order valence-electron chi connectivity index (χ3n) is 10.1. The van der Waals surface area contributed by atoms with Gasteiger partial charge in [-0.25, -0.2) is 0 Å². The zero-order chi connectivity index (χ0) is 35.4. The van der Waals surface area contributed by atoms with E-state index >= 15 is 0 Å². The summed E-state index contributed by atoms with van der Waals surface area (Å²) in [5, 5.41) is 2.51. The fourth-order valence-corrected chi connectivity index (χ4v) is 7.48. The van der Waals surface area contributed by atoms with Crippen LogP contribution in [0.5, 0.6) is 0 Å². The molecule has 0 amide bonds. The summed E-state index contributed by atoms with van der Waals surface area (Å²) in [6, 6.07) is 80.8. The van der Waals surface area contributed by atoms with E-state index < -0.39 is 0 Å². The van der Waals surface area contributed by atoms with Crippen molar-refractivity contribution in [3.05, 3.63) is 224 Å². The van der Waals surface area contributed by atoms with Crippen LogP contribution in [0.25, 0.3) is 66.4 Å². The lowest BCUT2D eigenvalue weighted by Gasteiger charge is -2.28. The van der Waals surface area contributed by atoms with Crippen molar-refractivity contribution >= 4 is 27.8 Å². The van der Waals surface area contributed by atoms with Crippen LogP contribution >= 0.6 is 0 Å². The van der Waals surface area contributed by atoms with Crippen LogP contribution in [0.1, 0.15) is 0 Å². The summed E-state index contributed by atoms with van der Waals surface area (Å²) in [6.45, 7) is 0. The first-order valence-corrected chi connectivity index (χ1v) is 18.2. The predicted octanol–water partition coefficient (Wildman–Crippen LogP) is 14.6. The summed E-state index contributed by atoms with van der Waals surface area (Å²) in [5.41, 5.74) is 15.3. The number of rotatable bonds is 8. The smallest absolute Gasteiger partial charge is 0.0540 e. The molecule has 0 aliphatic heterocycles. The van der Waals surface area contributed by atoms with E-state index in [0.717, 1.165) is 22.6 Å². The molecule has 0 heterocycles. The number of hydrogen-bond acceptors (Lipinski definition) is 1. The third kappa shape index (κ3) is 6.42. The summed E-state index contributed by atoms with van der Waals surface area (Å²) in [5.74, 6) is 0. The SMILES string of the molecule is c1ccc(-c2ccc(-c3ccc(N(c4ccccc4)c4ccc(-c5cccc6ccccc56)cc4)c(-c4ccccc4)c3)c(-c3ccccc3)c2)cc1. The van der Waals surface area contributed by atoms with Gasteiger partial charge in [-0.05, 0) is 103 Å². The second-order valence-electron chi connectivity index (χ2n) is 13.3. The lowest BCUT2D eigenvalue weighted by Crippen LogP contribution is -2.11. The Morgan fingerprint density at radius 3 is 1.43 bits per heavy atom. The summed E-state index contributed by atoms with van der Waals surface area (Å²) >= 11 is 0. The van der Waals surface area contributed by atoms with Gasteiger partial charge in [0.1, 0.15) is 0 Å². The average molecular weight is 676 g/mol. The Labute approximate surface area is 311 Å². The number of anilines is 3. The molecule has 0 radical (unpaired) electrons. The molecule has 0 saturated carbocycles. The number of hydrogen-bond donors (Lipinski definition) is 0. The highest BCUT2D eigenvalue weighted by atomic mass is 15.1. The van der Waals surface area contributed by atoms with Gasteiger partial charge in [0, 0.05) is 16.9 Å². The molecule has 0 aromatic heterocycles. The maximum atomic E-state index is 2.38. The molecular formula is C52H37N. The van der Waals surface area contributed by atoms with E-state index in [9.17, 15) is 0 Å². The first-order valence-electron chi connectivity index (χ1n) is 18.2. The highest BCUT2D eigenvalue weighted by molar-refractivity contribution is 5.98. The molecule has 0 aliphatic carbocycles. The molecule has 0 saturated heterocycles. The van der Waals surface area contributed by atoms with Crippen LogP contribution in [0.2, 0.25) is 0 Å². The van der Waals surface area contributed by atoms with Crippen molar-refractivity contribution in [2.45, 2.75) is 0 Å². The Hall–Kier alpha value is -6.96. The topological polar surface area (TPSA) is 3.24 Å². The maximum absolute atomic E-state index is 2.38. The number of benzene rings is 9. The lowest BCUT2D eigenvalue weighted by molar-refractivity contribution is 1.28. The molecule has 0 bridgehead atoms. The van der Waals surface area contributed by atoms with Gasteiger partial charge in [-0.3, -0.25) is 0 Å². The molecular weight excluding hydrogens is 639 g/mol. The Bertz CT molecular complexity index is 2620. The van der Waals surface area contributed by atoms with Crippen molar-refractivity contribution in [3.8, 4) is 55.6 Å². The van der Waals surface area contributed by atoms with Crippen LogP contribution in [-0.4, -0.2) is 0 Å². The minimum Gasteiger partial charge on any atom is -0.310 e. The van der Waals surface area contributed by atoms with Gasteiger partial charge in [0.25, 0.3) is 0 Å². The molecule has 0 atom stereocenters. The average Bonchev–Trinajstić information content (AvgIpc) is 3.25. The summed E-state index contributed by atoms with van der Waals surface area (Å²) in [6.07, 6.45) is 0. The van der Waals surface area contributed by atoms with Gasteiger partial charge in [0.15, 0.2) is 0 Å². The molecule has 9 aromatic carbocycles. The Kier molecular flexibility index (Phi) is 8.66. The minimum atomic E-state index is 1.10. The van der Waals surface area contributed by atoms with Crippen LogP contribution in [0.4, 0.5) is 17.1 Å². The maximum Gasteiger partial charge on any atom is 0.0540 e. The second-order valence-corrected chi connectivity index (χ2v) is 13.3. The van der Waals surface area contributed by atoms with Gasteiger partial charge >= 0.3 is 0 Å². The molecule has 1 heteroatoms. The fraction of sp³-hybridized carbons (Fsp3) is 0. The van der Waals surface area contributed by atoms with Crippen molar-refractivity contribution in [3.63, 3.8) is 0 Å². The molecule has 0 N–H and O–H groups in total. The van der Waals surface area contributed by atoms with Gasteiger partial charge in [0.05, 0.1) is 5.69 Å². The first kappa shape index (κ1) is 32.0. The highest BCUT2D eigenvalue weighted by Gasteiger charge is 2.20. The van der Waals surface area contributed by atoms with Gasteiger partial charge in [-0.1, -0.05) is 182 Å². The Morgan fingerprint density at radius 2 is 0.736 bits per heavy atom. The van der Waals surface area contributed by atoms with Crippen molar-refractivity contribution in [2.24, 2.45) is 0 Å². The normalized spacial score (nSPS) is 11.0. The number of para-hydroxylation sites is 1. The molecule has 9 rings (SSSR count). The van der Waals surface area contributed by atoms with E-state index in [1.54, 1.807) is 0 Å². The fourth-order valence-electron chi connectivity index (χ4n) is 7.48. The van der Waals surface area contributed by atoms with E-state index in [-0.39, 0.29) is 0 Å². The van der Waals surface area contributed by atoms with Gasteiger partial charge in [0.2, 0.25) is 0 Å². The molecule has 1 nitrogen and oxygen atoms in total. The highest BCUT2D eigenvalue weighted by Crippen LogP contribution is 2.45. The summed E-state index contributed by atoms with van der Waals surface area (Å²) < 4.78 is 0. The van der Waals surface area contributed by atoms with Gasteiger partial charge in [-0.15, -0.1) is 0 Å². The molecule has 0 spiro atoms. The largest absolute Gasteiger partial charge is 0.310 e. The molecule has 0 aliphatic rings. The molecule has 9 aromatic rings. The summed E-state index contributed by atoms with van der Waals surface area (Å²) in [4.78, 5) is 2.38. The van der Waals surface area contributed by atoms with Crippen molar-refractivity contribution in [1.82, 2.24) is 0 Å². The zero-order valence-corrected chi connectivity index (χ0v) is 29.3. The van der Waals surface area contributed by atoms with Crippen molar-refractivity contribution in [1.29, 1.82) is 0 Å². The third-order valence-corrected chi connectivity index (χ3v) is 10.1. The number of fused-ring (bicyclic) bond motifs is 1. The standard InChI is InChI=1S/C52H37N/c1-5-16-38(17-6-1)43-30-34-49(50(36-43)40-18-7-2-8-19-40)44-31-35-52(51(37-44)41-20-9-3-10-21-41)53(45-24-11-4-12-25-45)46-32-28-42(29-33-46)48-27-15-23-39-22-13-14-26-47(39)48/h1-37H. The first-order chi connectivity index (χ1) is 26.3. The van der Waals surface area contributed by atoms with E-state index in [1.807, 2.05) is 0 Å². The molecule has 250 valence electrons. The van der Waals surface area contributed by atoms with Crippen molar-refractivity contribution < 1.29 is 0 Å².